The van der Waals surface area contributed by atoms with Crippen molar-refractivity contribution in [3.05, 3.63) is 22.1 Å². The normalized spacial score (nSPS) is 9.53. The monoisotopic (exact) mass is 268 g/mol. The summed E-state index contributed by atoms with van der Waals surface area (Å²) in [5, 5.41) is 0.656. The molecule has 0 saturated carbocycles. The molecule has 0 amide bonds. The lowest BCUT2D eigenvalue weighted by molar-refractivity contribution is -0.109. The van der Waals surface area contributed by atoms with Gasteiger partial charge >= 0.3 is 0 Å². The molecule has 1 rings (SSSR count). The number of aromatic nitrogens is 2. The van der Waals surface area contributed by atoms with Gasteiger partial charge in [0.15, 0.2) is 10.3 Å². The van der Waals surface area contributed by atoms with Crippen molar-refractivity contribution in [1.82, 2.24) is 9.97 Å². The predicted molar refractivity (Wildman–Crippen MR) is 71.3 cm³/mol. The third-order valence-corrected chi connectivity index (χ3v) is 3.13. The Bertz CT molecular complexity index is 514. The quantitative estimate of drug-likeness (QED) is 0.390. The van der Waals surface area contributed by atoms with E-state index in [4.69, 9.17) is 0 Å². The fourth-order valence-corrected chi connectivity index (χ4v) is 1.82. The number of carbonyl (C=O) groups excluding carboxylic acids is 1. The van der Waals surface area contributed by atoms with Gasteiger partial charge in [0.2, 0.25) is 0 Å². The number of rotatable bonds is 3. The van der Waals surface area contributed by atoms with Crippen LogP contribution in [-0.2, 0) is 4.79 Å². The molecule has 4 nitrogen and oxygen atoms in total. The summed E-state index contributed by atoms with van der Waals surface area (Å²) >= 11 is 2.60. The molecule has 0 aliphatic rings. The number of nitrogens with one attached hydrogen (secondary N) is 1. The number of nitrogens with zero attached hydrogens (tertiary/aromatic N) is 1. The van der Waals surface area contributed by atoms with Crippen LogP contribution in [0.1, 0.15) is 18.9 Å². The lowest BCUT2D eigenvalue weighted by Gasteiger charge is -1.94. The Morgan fingerprint density at radius 2 is 2.35 bits per heavy atom. The molecule has 1 aromatic heterocycles. The number of hydrogen-bond donors (Lipinski definition) is 1. The zero-order chi connectivity index (χ0) is 12.7. The van der Waals surface area contributed by atoms with Crippen LogP contribution in [0.3, 0.4) is 0 Å². The topological polar surface area (TPSA) is 62.8 Å². The van der Waals surface area contributed by atoms with Gasteiger partial charge in [-0.1, -0.05) is 35.4 Å². The summed E-state index contributed by atoms with van der Waals surface area (Å²) in [5.74, 6) is 6.24. The lowest BCUT2D eigenvalue weighted by Crippen LogP contribution is -2.11. The first-order chi connectivity index (χ1) is 8.13. The molecule has 6 heteroatoms. The summed E-state index contributed by atoms with van der Waals surface area (Å²) < 4.78 is 0. The van der Waals surface area contributed by atoms with Gasteiger partial charge in [0.05, 0.1) is 6.20 Å². The second kappa shape index (κ2) is 7.20. The van der Waals surface area contributed by atoms with Crippen LogP contribution >= 0.6 is 23.5 Å². The first-order valence-corrected chi connectivity index (χ1v) is 7.10. The van der Waals surface area contributed by atoms with Gasteiger partial charge in [-0.15, -0.1) is 0 Å². The van der Waals surface area contributed by atoms with Crippen LogP contribution in [0.2, 0.25) is 0 Å². The van der Waals surface area contributed by atoms with E-state index in [1.807, 2.05) is 6.26 Å². The average Bonchev–Trinajstić information content (AvgIpc) is 2.30. The highest BCUT2D eigenvalue weighted by Gasteiger charge is 1.98. The van der Waals surface area contributed by atoms with E-state index in [1.54, 1.807) is 0 Å². The van der Waals surface area contributed by atoms with E-state index in [0.29, 0.717) is 22.9 Å². The maximum absolute atomic E-state index is 11.5. The third kappa shape index (κ3) is 5.11. The summed E-state index contributed by atoms with van der Waals surface area (Å²) in [7, 11) is 0. The minimum absolute atomic E-state index is 0.0793. The Labute approximate surface area is 108 Å². The van der Waals surface area contributed by atoms with Gasteiger partial charge < -0.3 is 4.98 Å². The molecule has 0 saturated heterocycles. The van der Waals surface area contributed by atoms with E-state index in [0.717, 1.165) is 0 Å². The minimum atomic E-state index is -0.226. The van der Waals surface area contributed by atoms with E-state index in [9.17, 15) is 9.59 Å². The lowest BCUT2D eigenvalue weighted by atomic mass is 10.3. The smallest absolute Gasteiger partial charge is 0.267 e. The van der Waals surface area contributed by atoms with Crippen LogP contribution in [-0.4, -0.2) is 27.1 Å². The summed E-state index contributed by atoms with van der Waals surface area (Å²) in [6, 6.07) is 0. The molecule has 0 fully saturated rings. The Morgan fingerprint density at radius 1 is 1.59 bits per heavy atom. The van der Waals surface area contributed by atoms with E-state index in [1.165, 1.54) is 36.6 Å². The molecule has 0 radical (unpaired) electrons. The van der Waals surface area contributed by atoms with Gasteiger partial charge in [-0.25, -0.2) is 4.98 Å². The fraction of sp³-hybridized carbons (Fsp3) is 0.364. The molecule has 17 heavy (non-hydrogen) atoms. The maximum atomic E-state index is 11.5. The number of carbonyl (C=O) groups is 1. The highest BCUT2D eigenvalue weighted by Crippen LogP contribution is 2.04. The third-order valence-electron chi connectivity index (χ3n) is 1.72. The number of thioether (sulfide) groups is 2. The zero-order valence-electron chi connectivity index (χ0n) is 9.57. The van der Waals surface area contributed by atoms with Gasteiger partial charge in [-0.2, -0.15) is 0 Å². The fourth-order valence-electron chi connectivity index (χ4n) is 0.975. The summed E-state index contributed by atoms with van der Waals surface area (Å²) in [5.41, 5.74) is 0.131. The second-order valence-electron chi connectivity index (χ2n) is 3.03. The van der Waals surface area contributed by atoms with Crippen molar-refractivity contribution in [2.75, 3.05) is 12.0 Å². The molecule has 90 valence electrons. The second-order valence-corrected chi connectivity index (χ2v) is 5.09. The number of hydrogen-bond acceptors (Lipinski definition) is 5. The molecule has 0 aromatic carbocycles. The average molecular weight is 268 g/mol. The summed E-state index contributed by atoms with van der Waals surface area (Å²) in [4.78, 5) is 28.8. The Balaban J connectivity index is 2.60. The van der Waals surface area contributed by atoms with Crippen LogP contribution in [0, 0.1) is 11.8 Å². The van der Waals surface area contributed by atoms with E-state index in [-0.39, 0.29) is 10.7 Å². The van der Waals surface area contributed by atoms with Crippen molar-refractivity contribution in [2.24, 2.45) is 0 Å². The van der Waals surface area contributed by atoms with Gasteiger partial charge in [0.25, 0.3) is 5.56 Å². The molecule has 1 aromatic rings. The van der Waals surface area contributed by atoms with Gasteiger partial charge in [0.1, 0.15) is 5.56 Å². The standard InChI is InChI=1S/C11H12N2O2S2/c1-8(14)17-6-4-3-5-9-7-12-11(16-2)13-10(9)15/h7H,4,6H2,1-2H3,(H,12,13,15). The van der Waals surface area contributed by atoms with Gasteiger partial charge in [0, 0.05) is 19.1 Å². The van der Waals surface area contributed by atoms with Crippen molar-refractivity contribution in [1.29, 1.82) is 0 Å². The van der Waals surface area contributed by atoms with Crippen molar-refractivity contribution in [3.63, 3.8) is 0 Å². The molecule has 0 spiro atoms. The molecular weight excluding hydrogens is 256 g/mol. The molecule has 1 heterocycles. The van der Waals surface area contributed by atoms with E-state index >= 15 is 0 Å². The molecular formula is C11H12N2O2S2. The minimum Gasteiger partial charge on any atom is -0.300 e. The molecule has 0 aliphatic heterocycles. The summed E-state index contributed by atoms with van der Waals surface area (Å²) in [6.07, 6.45) is 3.88. The molecule has 0 bridgehead atoms. The highest BCUT2D eigenvalue weighted by atomic mass is 32.2. The number of H-pyrrole nitrogens is 1. The van der Waals surface area contributed by atoms with Crippen LogP contribution in [0.25, 0.3) is 0 Å². The first-order valence-electron chi connectivity index (χ1n) is 4.89. The van der Waals surface area contributed by atoms with Gasteiger partial charge in [-0.05, 0) is 6.26 Å². The Kier molecular flexibility index (Phi) is 5.87. The highest BCUT2D eigenvalue weighted by molar-refractivity contribution is 8.13. The Hall–Kier alpha value is -1.19. The van der Waals surface area contributed by atoms with Crippen LogP contribution in [0.15, 0.2) is 16.1 Å². The van der Waals surface area contributed by atoms with E-state index in [2.05, 4.69) is 21.8 Å². The molecule has 0 atom stereocenters. The Morgan fingerprint density at radius 3 is 2.94 bits per heavy atom. The van der Waals surface area contributed by atoms with Crippen molar-refractivity contribution < 1.29 is 4.79 Å². The molecule has 0 aliphatic carbocycles. The predicted octanol–water partition coefficient (Wildman–Crippen LogP) is 1.51. The molecule has 0 unspecified atom stereocenters. The SMILES string of the molecule is CSc1ncc(C#CCCSC(C)=O)c(=O)[nH]1. The summed E-state index contributed by atoms with van der Waals surface area (Å²) in [6.45, 7) is 1.52. The van der Waals surface area contributed by atoms with Crippen molar-refractivity contribution in [2.45, 2.75) is 18.5 Å². The van der Waals surface area contributed by atoms with Crippen molar-refractivity contribution >= 4 is 28.6 Å². The van der Waals surface area contributed by atoms with Crippen LogP contribution in [0.4, 0.5) is 0 Å². The zero-order valence-corrected chi connectivity index (χ0v) is 11.2. The van der Waals surface area contributed by atoms with Crippen LogP contribution in [0.5, 0.6) is 0 Å². The first kappa shape index (κ1) is 13.9. The van der Waals surface area contributed by atoms with E-state index < -0.39 is 0 Å². The molecule has 1 N–H and O–H groups in total. The largest absolute Gasteiger partial charge is 0.300 e. The van der Waals surface area contributed by atoms with Gasteiger partial charge in [-0.3, -0.25) is 9.59 Å². The van der Waals surface area contributed by atoms with Crippen molar-refractivity contribution in [3.8, 4) is 11.8 Å². The maximum Gasteiger partial charge on any atom is 0.267 e. The van der Waals surface area contributed by atoms with Crippen LogP contribution < -0.4 is 5.56 Å². The number of aromatic amines is 1.